The highest BCUT2D eigenvalue weighted by Gasteiger charge is 2.03. The lowest BCUT2D eigenvalue weighted by Crippen LogP contribution is -1.87. The highest BCUT2D eigenvalue weighted by atomic mass is 14.1. The largest absolute Gasteiger partial charge is 0.0899 e. The normalized spacial score (nSPS) is 10.6. The molecule has 0 heterocycles. The van der Waals surface area contributed by atoms with Crippen LogP contribution >= 0.6 is 0 Å². The Bertz CT molecular complexity index is 890. The third-order valence-electron chi connectivity index (χ3n) is 3.67. The van der Waals surface area contributed by atoms with Gasteiger partial charge in [-0.25, -0.2) is 0 Å². The molecule has 24 heavy (non-hydrogen) atoms. The quantitative estimate of drug-likeness (QED) is 0.421. The maximum Gasteiger partial charge on any atom is 0.0327 e. The molecule has 0 saturated carbocycles. The van der Waals surface area contributed by atoms with Gasteiger partial charge in [0.05, 0.1) is 0 Å². The maximum absolute atomic E-state index is 4.26. The average molecular weight is 306 g/mol. The van der Waals surface area contributed by atoms with E-state index in [1.54, 1.807) is 0 Å². The number of hydrogen-bond donors (Lipinski definition) is 0. The predicted octanol–water partition coefficient (Wildman–Crippen LogP) is 5.84. The monoisotopic (exact) mass is 306 g/mol. The zero-order valence-corrected chi connectivity index (χ0v) is 13.4. The average Bonchev–Trinajstić information content (AvgIpc) is 2.67. The minimum Gasteiger partial charge on any atom is -0.0899 e. The van der Waals surface area contributed by atoms with Gasteiger partial charge >= 0.3 is 0 Å². The summed E-state index contributed by atoms with van der Waals surface area (Å²) in [4.78, 5) is 0. The molecular formula is C24H18. The molecule has 3 aromatic carbocycles. The first-order chi connectivity index (χ1) is 11.8. The van der Waals surface area contributed by atoms with Crippen molar-refractivity contribution in [3.05, 3.63) is 120 Å². The van der Waals surface area contributed by atoms with Gasteiger partial charge in [-0.3, -0.25) is 0 Å². The molecule has 0 bridgehead atoms. The molecule has 0 N–H and O–H groups in total. The van der Waals surface area contributed by atoms with Gasteiger partial charge in [0.15, 0.2) is 0 Å². The highest BCUT2D eigenvalue weighted by Crippen LogP contribution is 2.22. The molecule has 0 amide bonds. The van der Waals surface area contributed by atoms with Gasteiger partial charge in [0.2, 0.25) is 0 Å². The first-order valence-electron chi connectivity index (χ1n) is 7.91. The van der Waals surface area contributed by atoms with Crippen LogP contribution in [0, 0.1) is 11.8 Å². The molecule has 0 aliphatic heterocycles. The maximum atomic E-state index is 4.26. The van der Waals surface area contributed by atoms with E-state index in [2.05, 4.69) is 48.8 Å². The molecule has 0 fully saturated rings. The van der Waals surface area contributed by atoms with Gasteiger partial charge in [-0.15, -0.1) is 0 Å². The number of benzene rings is 3. The topological polar surface area (TPSA) is 0 Å². The summed E-state index contributed by atoms with van der Waals surface area (Å²) in [5.41, 5.74) is 5.06. The van der Waals surface area contributed by atoms with Gasteiger partial charge in [-0.05, 0) is 34.9 Å². The van der Waals surface area contributed by atoms with Crippen LogP contribution in [0.2, 0.25) is 0 Å². The van der Waals surface area contributed by atoms with Crippen molar-refractivity contribution in [3.8, 4) is 11.8 Å². The Balaban J connectivity index is 2.00. The molecule has 0 nitrogen and oxygen atoms in total. The molecule has 0 saturated heterocycles. The Morgan fingerprint density at radius 3 is 1.88 bits per heavy atom. The van der Waals surface area contributed by atoms with Crippen LogP contribution in [0.3, 0.4) is 0 Å². The molecule has 0 atom stereocenters. The highest BCUT2D eigenvalue weighted by molar-refractivity contribution is 5.88. The number of rotatable bonds is 3. The summed E-state index contributed by atoms with van der Waals surface area (Å²) in [6.45, 7) is 4.26. The van der Waals surface area contributed by atoms with Crippen molar-refractivity contribution in [2.24, 2.45) is 0 Å². The van der Waals surface area contributed by atoms with Crippen LogP contribution in [-0.4, -0.2) is 0 Å². The van der Waals surface area contributed by atoms with E-state index in [9.17, 15) is 0 Å². The van der Waals surface area contributed by atoms with Crippen molar-refractivity contribution >= 4 is 11.6 Å². The fourth-order valence-electron chi connectivity index (χ4n) is 2.37. The number of allylic oxidation sites excluding steroid dienone is 2. The van der Waals surface area contributed by atoms with E-state index in [1.807, 2.05) is 66.7 Å². The Morgan fingerprint density at radius 2 is 1.25 bits per heavy atom. The second-order valence-corrected chi connectivity index (χ2v) is 5.43. The van der Waals surface area contributed by atoms with Crippen LogP contribution < -0.4 is 0 Å². The second-order valence-electron chi connectivity index (χ2n) is 5.43. The number of hydrogen-bond acceptors (Lipinski definition) is 0. The van der Waals surface area contributed by atoms with E-state index in [0.717, 1.165) is 27.8 Å². The lowest BCUT2D eigenvalue weighted by atomic mass is 9.97. The van der Waals surface area contributed by atoms with Crippen molar-refractivity contribution in [2.45, 2.75) is 0 Å². The summed E-state index contributed by atoms with van der Waals surface area (Å²) >= 11 is 0. The third-order valence-corrected chi connectivity index (χ3v) is 3.67. The lowest BCUT2D eigenvalue weighted by Gasteiger charge is -2.06. The van der Waals surface area contributed by atoms with Gasteiger partial charge in [0, 0.05) is 11.1 Å². The van der Waals surface area contributed by atoms with E-state index >= 15 is 0 Å². The molecule has 0 aliphatic carbocycles. The van der Waals surface area contributed by atoms with Crippen molar-refractivity contribution in [2.75, 3.05) is 0 Å². The SMILES string of the molecule is C=C(/C(C#Cc1ccccc1)=C\c1ccccc1)c1ccccc1. The standard InChI is InChI=1S/C24H18/c1-20(23-15-9-4-10-16-23)24(19-22-13-7-3-8-14-22)18-17-21-11-5-2-6-12-21/h2-16,19H,1H2/b24-19-. The predicted molar refractivity (Wildman–Crippen MR) is 103 cm³/mol. The Kier molecular flexibility index (Phi) is 5.07. The first-order valence-corrected chi connectivity index (χ1v) is 7.91. The van der Waals surface area contributed by atoms with Crippen LogP contribution in [0.5, 0.6) is 0 Å². The molecule has 0 spiro atoms. The minimum atomic E-state index is 0.927. The zero-order chi connectivity index (χ0) is 16.6. The zero-order valence-electron chi connectivity index (χ0n) is 13.4. The molecule has 0 heteroatoms. The summed E-state index contributed by atoms with van der Waals surface area (Å²) < 4.78 is 0. The van der Waals surface area contributed by atoms with E-state index in [1.165, 1.54) is 0 Å². The smallest absolute Gasteiger partial charge is 0.0327 e. The van der Waals surface area contributed by atoms with E-state index in [4.69, 9.17) is 0 Å². The van der Waals surface area contributed by atoms with Crippen LogP contribution in [0.1, 0.15) is 16.7 Å². The second kappa shape index (κ2) is 7.81. The molecule has 3 rings (SSSR count). The molecule has 3 aromatic rings. The molecular weight excluding hydrogens is 288 g/mol. The molecule has 0 radical (unpaired) electrons. The summed E-state index contributed by atoms with van der Waals surface area (Å²) in [6.07, 6.45) is 2.09. The summed E-state index contributed by atoms with van der Waals surface area (Å²) in [7, 11) is 0. The van der Waals surface area contributed by atoms with Gasteiger partial charge in [-0.2, -0.15) is 0 Å². The van der Waals surface area contributed by atoms with E-state index < -0.39 is 0 Å². The third kappa shape index (κ3) is 4.12. The fourth-order valence-corrected chi connectivity index (χ4v) is 2.37. The van der Waals surface area contributed by atoms with E-state index in [0.29, 0.717) is 0 Å². The van der Waals surface area contributed by atoms with Crippen molar-refractivity contribution < 1.29 is 0 Å². The summed E-state index contributed by atoms with van der Waals surface area (Å²) in [6, 6.07) is 30.4. The summed E-state index contributed by atoms with van der Waals surface area (Å²) in [5, 5.41) is 0. The Hall–Kier alpha value is -3.30. The van der Waals surface area contributed by atoms with Gasteiger partial charge in [0.25, 0.3) is 0 Å². The Morgan fingerprint density at radius 1 is 0.708 bits per heavy atom. The van der Waals surface area contributed by atoms with Crippen LogP contribution in [0.25, 0.3) is 11.6 Å². The van der Waals surface area contributed by atoms with Gasteiger partial charge in [0.1, 0.15) is 0 Å². The Labute approximate surface area is 143 Å². The molecule has 0 aromatic heterocycles. The van der Waals surface area contributed by atoms with Crippen LogP contribution in [0.15, 0.2) is 103 Å². The molecule has 114 valence electrons. The molecule has 0 unspecified atom stereocenters. The van der Waals surface area contributed by atoms with Gasteiger partial charge < -0.3 is 0 Å². The minimum absolute atomic E-state index is 0.927. The fraction of sp³-hybridized carbons (Fsp3) is 0. The van der Waals surface area contributed by atoms with E-state index in [-0.39, 0.29) is 0 Å². The molecule has 0 aliphatic rings. The van der Waals surface area contributed by atoms with Crippen molar-refractivity contribution in [1.82, 2.24) is 0 Å². The van der Waals surface area contributed by atoms with Crippen LogP contribution in [0.4, 0.5) is 0 Å². The van der Waals surface area contributed by atoms with Gasteiger partial charge in [-0.1, -0.05) is 97.3 Å². The van der Waals surface area contributed by atoms with Crippen LogP contribution in [-0.2, 0) is 0 Å². The van der Waals surface area contributed by atoms with Crippen molar-refractivity contribution in [3.63, 3.8) is 0 Å². The first kappa shape index (κ1) is 15.6. The van der Waals surface area contributed by atoms with Crippen molar-refractivity contribution in [1.29, 1.82) is 0 Å². The lowest BCUT2D eigenvalue weighted by molar-refractivity contribution is 1.59. The summed E-state index contributed by atoms with van der Waals surface area (Å²) in [5.74, 6) is 6.53.